The summed E-state index contributed by atoms with van der Waals surface area (Å²) >= 11 is 0. The Morgan fingerprint density at radius 3 is 2.50 bits per heavy atom. The molecular weight excluding hydrogens is 240 g/mol. The Balaban J connectivity index is 2.88. The van der Waals surface area contributed by atoms with Crippen LogP contribution in [0.2, 0.25) is 0 Å². The van der Waals surface area contributed by atoms with E-state index in [9.17, 15) is 14.4 Å². The van der Waals surface area contributed by atoms with Gasteiger partial charge in [0, 0.05) is 17.7 Å². The number of aromatic nitrogens is 1. The maximum absolute atomic E-state index is 11.8. The standard InChI is InChI=1S/C11H14N2O5/c1-11(2,5-9(16)17)13-10(18)6-3-7(14)12-8(15)4-6/h3-4H,5H2,1-2H3,(H,13,18)(H,16,17)(H2,12,14,15). The fourth-order valence-corrected chi connectivity index (χ4v) is 1.46. The minimum atomic E-state index is -1.05. The third kappa shape index (κ3) is 3.93. The van der Waals surface area contributed by atoms with Gasteiger partial charge in [-0.05, 0) is 13.8 Å². The van der Waals surface area contributed by atoms with Gasteiger partial charge in [0.1, 0.15) is 0 Å². The molecule has 4 N–H and O–H groups in total. The van der Waals surface area contributed by atoms with Crippen molar-refractivity contribution < 1.29 is 19.8 Å². The molecule has 1 amide bonds. The number of hydrogen-bond acceptors (Lipinski definition) is 4. The average Bonchev–Trinajstić information content (AvgIpc) is 2.12. The van der Waals surface area contributed by atoms with E-state index in [1.807, 2.05) is 0 Å². The second-order valence-electron chi connectivity index (χ2n) is 4.53. The van der Waals surface area contributed by atoms with E-state index in [1.54, 1.807) is 13.8 Å². The van der Waals surface area contributed by atoms with Gasteiger partial charge in [-0.2, -0.15) is 0 Å². The van der Waals surface area contributed by atoms with Crippen LogP contribution in [-0.2, 0) is 4.79 Å². The maximum Gasteiger partial charge on any atom is 0.305 e. The van der Waals surface area contributed by atoms with E-state index in [0.29, 0.717) is 0 Å². The summed E-state index contributed by atoms with van der Waals surface area (Å²) in [6.07, 6.45) is -0.256. The molecule has 0 unspecified atom stereocenters. The van der Waals surface area contributed by atoms with Gasteiger partial charge in [-0.15, -0.1) is 0 Å². The molecule has 98 valence electrons. The van der Waals surface area contributed by atoms with Crippen molar-refractivity contribution in [2.24, 2.45) is 0 Å². The summed E-state index contributed by atoms with van der Waals surface area (Å²) in [6.45, 7) is 3.10. The number of carbonyl (C=O) groups is 2. The number of rotatable bonds is 4. The fraction of sp³-hybridized carbons (Fsp3) is 0.364. The lowest BCUT2D eigenvalue weighted by molar-refractivity contribution is -0.138. The number of carboxylic acids is 1. The third-order valence-corrected chi connectivity index (χ3v) is 2.14. The molecule has 0 aliphatic heterocycles. The normalized spacial score (nSPS) is 11.0. The Labute approximate surface area is 102 Å². The number of carbonyl (C=O) groups excluding carboxylic acids is 1. The fourth-order valence-electron chi connectivity index (χ4n) is 1.46. The Bertz CT molecular complexity index is 532. The molecule has 0 radical (unpaired) electrons. The molecule has 18 heavy (non-hydrogen) atoms. The Morgan fingerprint density at radius 2 is 2.00 bits per heavy atom. The number of amides is 1. The molecule has 0 spiro atoms. The topological polar surface area (TPSA) is 119 Å². The maximum atomic E-state index is 11.8. The van der Waals surface area contributed by atoms with Gasteiger partial charge < -0.3 is 15.5 Å². The van der Waals surface area contributed by atoms with Crippen LogP contribution < -0.4 is 10.9 Å². The van der Waals surface area contributed by atoms with Crippen molar-refractivity contribution in [1.29, 1.82) is 0 Å². The molecular formula is C11H14N2O5. The highest BCUT2D eigenvalue weighted by Crippen LogP contribution is 2.11. The smallest absolute Gasteiger partial charge is 0.305 e. The lowest BCUT2D eigenvalue weighted by Crippen LogP contribution is -2.45. The minimum Gasteiger partial charge on any atom is -0.494 e. The second kappa shape index (κ2) is 4.91. The van der Waals surface area contributed by atoms with Gasteiger partial charge in [-0.1, -0.05) is 0 Å². The van der Waals surface area contributed by atoms with E-state index in [-0.39, 0.29) is 12.0 Å². The number of aliphatic carboxylic acids is 1. The number of aromatic amines is 1. The van der Waals surface area contributed by atoms with E-state index < -0.39 is 28.9 Å². The van der Waals surface area contributed by atoms with Crippen molar-refractivity contribution in [3.8, 4) is 5.88 Å². The lowest BCUT2D eigenvalue weighted by Gasteiger charge is -2.24. The van der Waals surface area contributed by atoms with E-state index in [1.165, 1.54) is 0 Å². The van der Waals surface area contributed by atoms with Crippen LogP contribution >= 0.6 is 0 Å². The molecule has 0 fully saturated rings. The first-order chi connectivity index (χ1) is 8.19. The molecule has 0 aromatic carbocycles. The first-order valence-electron chi connectivity index (χ1n) is 5.17. The summed E-state index contributed by atoms with van der Waals surface area (Å²) < 4.78 is 0. The van der Waals surface area contributed by atoms with Gasteiger partial charge in [-0.3, -0.25) is 19.4 Å². The van der Waals surface area contributed by atoms with E-state index in [0.717, 1.165) is 12.1 Å². The van der Waals surface area contributed by atoms with Crippen LogP contribution in [0.4, 0.5) is 0 Å². The largest absolute Gasteiger partial charge is 0.494 e. The molecule has 0 bridgehead atoms. The molecule has 7 heteroatoms. The zero-order valence-corrected chi connectivity index (χ0v) is 9.98. The first-order valence-corrected chi connectivity index (χ1v) is 5.17. The highest BCUT2D eigenvalue weighted by Gasteiger charge is 2.24. The summed E-state index contributed by atoms with van der Waals surface area (Å²) in [5.41, 5.74) is -1.60. The quantitative estimate of drug-likeness (QED) is 0.605. The molecule has 7 nitrogen and oxygen atoms in total. The predicted octanol–water partition coefficient (Wildman–Crippen LogP) is 0.0636. The molecule has 0 saturated carbocycles. The van der Waals surface area contributed by atoms with Crippen LogP contribution in [0.25, 0.3) is 0 Å². The van der Waals surface area contributed by atoms with Crippen molar-refractivity contribution >= 4 is 11.9 Å². The van der Waals surface area contributed by atoms with Crippen molar-refractivity contribution in [3.05, 3.63) is 28.0 Å². The van der Waals surface area contributed by atoms with Gasteiger partial charge in [0.2, 0.25) is 0 Å². The molecule has 0 atom stereocenters. The van der Waals surface area contributed by atoms with Gasteiger partial charge in [0.15, 0.2) is 5.88 Å². The highest BCUT2D eigenvalue weighted by atomic mass is 16.4. The van der Waals surface area contributed by atoms with Gasteiger partial charge in [0.25, 0.3) is 11.5 Å². The van der Waals surface area contributed by atoms with Gasteiger partial charge >= 0.3 is 5.97 Å². The van der Waals surface area contributed by atoms with Crippen LogP contribution in [0.15, 0.2) is 16.9 Å². The lowest BCUT2D eigenvalue weighted by atomic mass is 10.0. The molecule has 0 saturated heterocycles. The number of aromatic hydroxyl groups is 1. The number of nitrogens with one attached hydrogen (secondary N) is 2. The van der Waals surface area contributed by atoms with Crippen LogP contribution in [0.5, 0.6) is 5.88 Å². The van der Waals surface area contributed by atoms with E-state index in [4.69, 9.17) is 10.2 Å². The van der Waals surface area contributed by atoms with Gasteiger partial charge in [0.05, 0.1) is 12.0 Å². The third-order valence-electron chi connectivity index (χ3n) is 2.14. The first kappa shape index (κ1) is 13.8. The van der Waals surface area contributed by atoms with Crippen molar-refractivity contribution in [2.45, 2.75) is 25.8 Å². The van der Waals surface area contributed by atoms with E-state index >= 15 is 0 Å². The van der Waals surface area contributed by atoms with Crippen LogP contribution in [0.3, 0.4) is 0 Å². The second-order valence-corrected chi connectivity index (χ2v) is 4.53. The molecule has 1 heterocycles. The minimum absolute atomic E-state index is 0.0327. The molecule has 1 rings (SSSR count). The summed E-state index contributed by atoms with van der Waals surface area (Å²) in [5.74, 6) is -2.10. The molecule has 0 aliphatic carbocycles. The molecule has 1 aromatic heterocycles. The summed E-state index contributed by atoms with van der Waals surface area (Å²) in [5, 5.41) is 20.3. The summed E-state index contributed by atoms with van der Waals surface area (Å²) in [6, 6.07) is 2.11. The number of hydrogen-bond donors (Lipinski definition) is 4. The number of carboxylic acid groups (broad SMARTS) is 1. The summed E-state index contributed by atoms with van der Waals surface area (Å²) in [7, 11) is 0. The van der Waals surface area contributed by atoms with Crippen molar-refractivity contribution in [1.82, 2.24) is 10.3 Å². The SMILES string of the molecule is CC(C)(CC(=O)O)NC(=O)c1cc(O)[nH]c(=O)c1. The van der Waals surface area contributed by atoms with Crippen LogP contribution in [0, 0.1) is 0 Å². The zero-order chi connectivity index (χ0) is 13.9. The Kier molecular flexibility index (Phi) is 3.75. The van der Waals surface area contributed by atoms with Gasteiger partial charge in [-0.25, -0.2) is 0 Å². The van der Waals surface area contributed by atoms with E-state index in [2.05, 4.69) is 10.3 Å². The number of H-pyrrole nitrogens is 1. The number of pyridine rings is 1. The molecule has 0 aliphatic rings. The zero-order valence-electron chi connectivity index (χ0n) is 9.98. The van der Waals surface area contributed by atoms with Crippen molar-refractivity contribution in [2.75, 3.05) is 0 Å². The summed E-state index contributed by atoms with van der Waals surface area (Å²) in [4.78, 5) is 35.5. The monoisotopic (exact) mass is 254 g/mol. The Morgan fingerprint density at radius 1 is 1.39 bits per heavy atom. The van der Waals surface area contributed by atoms with Crippen molar-refractivity contribution in [3.63, 3.8) is 0 Å². The highest BCUT2D eigenvalue weighted by molar-refractivity contribution is 5.95. The predicted molar refractivity (Wildman–Crippen MR) is 62.5 cm³/mol. The molecule has 1 aromatic rings. The Hall–Kier alpha value is -2.31. The van der Waals surface area contributed by atoms with Crippen LogP contribution in [0.1, 0.15) is 30.6 Å². The average molecular weight is 254 g/mol. The van der Waals surface area contributed by atoms with Crippen LogP contribution in [-0.4, -0.2) is 32.6 Å².